The fourth-order valence-electron chi connectivity index (χ4n) is 4.42. The van der Waals surface area contributed by atoms with Crippen LogP contribution in [0.4, 0.5) is 14.9 Å². The Balaban J connectivity index is 1.58. The highest BCUT2D eigenvalue weighted by Gasteiger charge is 2.24. The molecule has 3 aromatic carbocycles. The Morgan fingerprint density at radius 2 is 1.57 bits per heavy atom. The fourth-order valence-corrected chi connectivity index (χ4v) is 4.42. The average molecular weight is 544 g/mol. The fraction of sp³-hybridized carbons (Fsp3) is 0.281. The van der Waals surface area contributed by atoms with E-state index in [0.717, 1.165) is 12.0 Å². The smallest absolute Gasteiger partial charge is 0.322 e. The normalized spacial score (nSPS) is 11.0. The van der Waals surface area contributed by atoms with Gasteiger partial charge in [0, 0.05) is 18.8 Å². The summed E-state index contributed by atoms with van der Waals surface area (Å²) in [5, 5.41) is 3.31. The van der Waals surface area contributed by atoms with Crippen LogP contribution in [0.3, 0.4) is 0 Å². The minimum Gasteiger partial charge on any atom is -0.464 e. The van der Waals surface area contributed by atoms with Gasteiger partial charge in [0.15, 0.2) is 5.43 Å². The van der Waals surface area contributed by atoms with Gasteiger partial charge in [0.25, 0.3) is 0 Å². The number of hydrogen-bond acceptors (Lipinski definition) is 4. The Hall–Kier alpha value is -4.46. The molecule has 0 aliphatic carbocycles. The van der Waals surface area contributed by atoms with Crippen LogP contribution in [0.2, 0.25) is 0 Å². The Labute approximate surface area is 233 Å². The van der Waals surface area contributed by atoms with Crippen LogP contribution in [0, 0.1) is 11.7 Å². The van der Waals surface area contributed by atoms with Crippen LogP contribution in [0.25, 0.3) is 11.0 Å². The highest BCUT2D eigenvalue weighted by atomic mass is 19.1. The molecule has 0 aliphatic rings. The lowest BCUT2D eigenvalue weighted by Crippen LogP contribution is -2.45. The van der Waals surface area contributed by atoms with Crippen molar-refractivity contribution in [2.75, 3.05) is 18.4 Å². The molecule has 208 valence electrons. The van der Waals surface area contributed by atoms with Crippen molar-refractivity contribution in [3.8, 4) is 0 Å². The van der Waals surface area contributed by atoms with Gasteiger partial charge in [0.1, 0.15) is 17.9 Å². The second-order valence-corrected chi connectivity index (χ2v) is 10.2. The Morgan fingerprint density at radius 3 is 2.25 bits per heavy atom. The number of carbonyl (C=O) groups excluding carboxylic acids is 2. The summed E-state index contributed by atoms with van der Waals surface area (Å²) in [6, 6.07) is 19.9. The van der Waals surface area contributed by atoms with Crippen molar-refractivity contribution >= 4 is 28.6 Å². The van der Waals surface area contributed by atoms with Gasteiger partial charge in [-0.15, -0.1) is 0 Å². The van der Waals surface area contributed by atoms with Gasteiger partial charge in [0.05, 0.1) is 23.8 Å². The minimum atomic E-state index is -0.391. The second-order valence-electron chi connectivity index (χ2n) is 10.2. The van der Waals surface area contributed by atoms with Crippen LogP contribution in [-0.4, -0.2) is 34.8 Å². The number of rotatable bonds is 10. The highest BCUT2D eigenvalue weighted by molar-refractivity contribution is 5.92. The van der Waals surface area contributed by atoms with Gasteiger partial charge < -0.3 is 19.5 Å². The summed E-state index contributed by atoms with van der Waals surface area (Å²) in [6.07, 6.45) is 2.26. The van der Waals surface area contributed by atoms with Crippen LogP contribution in [-0.2, 0) is 24.3 Å². The van der Waals surface area contributed by atoms with Crippen LogP contribution < -0.4 is 10.7 Å². The molecule has 1 aromatic heterocycles. The van der Waals surface area contributed by atoms with E-state index in [2.05, 4.69) is 12.2 Å². The SMILES string of the molecule is CCc1ccc(NC(=O)N(CC(=O)N(Cc2ccc(F)cc2)Cc2coc3ccccc3c2=O)CC(C)C)cc1. The van der Waals surface area contributed by atoms with Gasteiger partial charge in [0.2, 0.25) is 5.91 Å². The molecule has 7 nitrogen and oxygen atoms in total. The molecule has 1 N–H and O–H groups in total. The molecule has 4 rings (SSSR count). The quantitative estimate of drug-likeness (QED) is 0.258. The first-order valence-corrected chi connectivity index (χ1v) is 13.4. The molecule has 0 saturated carbocycles. The molecule has 0 fully saturated rings. The van der Waals surface area contributed by atoms with E-state index in [9.17, 15) is 18.8 Å². The molecular formula is C32H34FN3O4. The van der Waals surface area contributed by atoms with E-state index in [-0.39, 0.29) is 42.7 Å². The number of halogens is 1. The number of nitrogens with zero attached hydrogens (tertiary/aromatic N) is 2. The van der Waals surface area contributed by atoms with Crippen molar-refractivity contribution in [1.29, 1.82) is 0 Å². The van der Waals surface area contributed by atoms with Crippen molar-refractivity contribution in [1.82, 2.24) is 9.80 Å². The van der Waals surface area contributed by atoms with E-state index in [1.807, 2.05) is 38.1 Å². The Kier molecular flexibility index (Phi) is 9.32. The first-order chi connectivity index (χ1) is 19.2. The van der Waals surface area contributed by atoms with Crippen molar-refractivity contribution in [3.05, 3.63) is 112 Å². The maximum atomic E-state index is 13.7. The summed E-state index contributed by atoms with van der Waals surface area (Å²) in [5.41, 5.74) is 3.02. The van der Waals surface area contributed by atoms with Crippen molar-refractivity contribution in [2.24, 2.45) is 5.92 Å². The molecule has 0 saturated heterocycles. The van der Waals surface area contributed by atoms with Gasteiger partial charge >= 0.3 is 6.03 Å². The first-order valence-electron chi connectivity index (χ1n) is 13.4. The van der Waals surface area contributed by atoms with Crippen LogP contribution in [0.1, 0.15) is 37.5 Å². The van der Waals surface area contributed by atoms with E-state index >= 15 is 0 Å². The molecule has 0 unspecified atom stereocenters. The van der Waals surface area contributed by atoms with E-state index in [1.165, 1.54) is 28.2 Å². The van der Waals surface area contributed by atoms with Crippen LogP contribution in [0.15, 0.2) is 88.3 Å². The summed E-state index contributed by atoms with van der Waals surface area (Å²) < 4.78 is 19.2. The van der Waals surface area contributed by atoms with Crippen LogP contribution >= 0.6 is 0 Å². The van der Waals surface area contributed by atoms with E-state index in [0.29, 0.717) is 34.3 Å². The summed E-state index contributed by atoms with van der Waals surface area (Å²) in [7, 11) is 0. The second kappa shape index (κ2) is 13.1. The number of hydrogen-bond donors (Lipinski definition) is 1. The Morgan fingerprint density at radius 1 is 0.900 bits per heavy atom. The molecule has 8 heteroatoms. The zero-order chi connectivity index (χ0) is 28.6. The molecule has 0 bridgehead atoms. The molecule has 0 aliphatic heterocycles. The predicted molar refractivity (Wildman–Crippen MR) is 154 cm³/mol. The third-order valence-corrected chi connectivity index (χ3v) is 6.56. The zero-order valence-electron chi connectivity index (χ0n) is 23.0. The monoisotopic (exact) mass is 543 g/mol. The lowest BCUT2D eigenvalue weighted by molar-refractivity contribution is -0.133. The molecular weight excluding hydrogens is 509 g/mol. The predicted octanol–water partition coefficient (Wildman–Crippen LogP) is 6.21. The van der Waals surface area contributed by atoms with Crippen molar-refractivity contribution < 1.29 is 18.4 Å². The number of benzene rings is 3. The number of fused-ring (bicyclic) bond motifs is 1. The topological polar surface area (TPSA) is 82.9 Å². The molecule has 0 radical (unpaired) electrons. The zero-order valence-corrected chi connectivity index (χ0v) is 23.0. The number of para-hydroxylation sites is 1. The molecule has 4 aromatic rings. The summed E-state index contributed by atoms with van der Waals surface area (Å²) in [4.78, 5) is 43.1. The van der Waals surface area contributed by atoms with E-state index in [1.54, 1.807) is 36.4 Å². The highest BCUT2D eigenvalue weighted by Crippen LogP contribution is 2.16. The van der Waals surface area contributed by atoms with Crippen molar-refractivity contribution in [3.63, 3.8) is 0 Å². The summed E-state index contributed by atoms with van der Waals surface area (Å²) >= 11 is 0. The number of aryl methyl sites for hydroxylation is 1. The number of nitrogens with one attached hydrogen (secondary N) is 1. The largest absolute Gasteiger partial charge is 0.464 e. The summed E-state index contributed by atoms with van der Waals surface area (Å²) in [6.45, 7) is 6.25. The molecule has 3 amide bonds. The standard InChI is InChI=1S/C32H34FN3O4/c1-4-23-11-15-27(16-12-23)34-32(39)36(17-22(2)3)20-30(37)35(18-24-9-13-26(33)14-10-24)19-25-21-40-29-8-6-5-7-28(29)31(25)38/h5-16,21-22H,4,17-20H2,1-3H3,(H,34,39). The number of anilines is 1. The maximum absolute atomic E-state index is 13.7. The van der Waals surface area contributed by atoms with Gasteiger partial charge in [-0.25, -0.2) is 9.18 Å². The van der Waals surface area contributed by atoms with Gasteiger partial charge in [-0.2, -0.15) is 0 Å². The maximum Gasteiger partial charge on any atom is 0.322 e. The number of amides is 3. The summed E-state index contributed by atoms with van der Waals surface area (Å²) in [5.74, 6) is -0.628. The molecule has 0 spiro atoms. The van der Waals surface area contributed by atoms with E-state index < -0.39 is 6.03 Å². The minimum absolute atomic E-state index is 0.0288. The Bertz CT molecular complexity index is 1510. The lowest BCUT2D eigenvalue weighted by atomic mass is 10.1. The average Bonchev–Trinajstić information content (AvgIpc) is 2.95. The first kappa shape index (κ1) is 28.5. The van der Waals surface area contributed by atoms with Gasteiger partial charge in [-0.05, 0) is 59.9 Å². The molecule has 0 atom stereocenters. The number of urea groups is 1. The van der Waals surface area contributed by atoms with Gasteiger partial charge in [-0.1, -0.05) is 57.2 Å². The third-order valence-electron chi connectivity index (χ3n) is 6.56. The van der Waals surface area contributed by atoms with Crippen molar-refractivity contribution in [2.45, 2.75) is 40.3 Å². The third kappa shape index (κ3) is 7.34. The lowest BCUT2D eigenvalue weighted by Gasteiger charge is -2.29. The van der Waals surface area contributed by atoms with Crippen LogP contribution in [0.5, 0.6) is 0 Å². The van der Waals surface area contributed by atoms with E-state index in [4.69, 9.17) is 4.42 Å². The van der Waals surface area contributed by atoms with Gasteiger partial charge in [-0.3, -0.25) is 9.59 Å². The molecule has 40 heavy (non-hydrogen) atoms. The molecule has 1 heterocycles. The number of carbonyl (C=O) groups is 2.